The molecule has 148 valence electrons. The van der Waals surface area contributed by atoms with Gasteiger partial charge in [-0.3, -0.25) is 9.59 Å². The van der Waals surface area contributed by atoms with Crippen LogP contribution < -0.4 is 4.90 Å². The van der Waals surface area contributed by atoms with E-state index in [0.717, 1.165) is 44.7 Å². The summed E-state index contributed by atoms with van der Waals surface area (Å²) < 4.78 is 0. The largest absolute Gasteiger partial charge is 0.396 e. The van der Waals surface area contributed by atoms with Gasteiger partial charge >= 0.3 is 0 Å². The highest BCUT2D eigenvalue weighted by atomic mass is 16.3. The van der Waals surface area contributed by atoms with Gasteiger partial charge in [0.15, 0.2) is 0 Å². The number of carbonyl (C=O) groups is 2. The number of hydrogen-bond acceptors (Lipinski definition) is 5. The van der Waals surface area contributed by atoms with Crippen LogP contribution in [-0.2, 0) is 4.79 Å². The van der Waals surface area contributed by atoms with Crippen molar-refractivity contribution in [1.29, 1.82) is 0 Å². The van der Waals surface area contributed by atoms with E-state index in [2.05, 4.69) is 4.98 Å². The molecule has 2 amide bonds. The van der Waals surface area contributed by atoms with Gasteiger partial charge in [0.2, 0.25) is 5.91 Å². The second kappa shape index (κ2) is 8.25. The van der Waals surface area contributed by atoms with Crippen molar-refractivity contribution in [3.8, 4) is 0 Å². The summed E-state index contributed by atoms with van der Waals surface area (Å²) in [7, 11) is 3.85. The monoisotopic (exact) mass is 374 g/mol. The molecule has 0 bridgehead atoms. The van der Waals surface area contributed by atoms with Crippen molar-refractivity contribution in [2.75, 3.05) is 51.8 Å². The Kier molecular flexibility index (Phi) is 5.99. The van der Waals surface area contributed by atoms with Crippen LogP contribution in [0.25, 0.3) is 0 Å². The zero-order valence-electron chi connectivity index (χ0n) is 16.4. The molecule has 1 aromatic heterocycles. The Morgan fingerprint density at radius 3 is 2.59 bits per heavy atom. The van der Waals surface area contributed by atoms with Gasteiger partial charge in [-0.25, -0.2) is 4.98 Å². The fourth-order valence-electron chi connectivity index (χ4n) is 4.12. The van der Waals surface area contributed by atoms with Gasteiger partial charge in [0, 0.05) is 59.5 Å². The summed E-state index contributed by atoms with van der Waals surface area (Å²) >= 11 is 0. The molecule has 0 aliphatic carbocycles. The zero-order chi connectivity index (χ0) is 19.4. The average molecular weight is 374 g/mol. The molecule has 1 N–H and O–H groups in total. The number of anilines is 1. The molecule has 0 unspecified atom stereocenters. The van der Waals surface area contributed by atoms with Gasteiger partial charge in [-0.15, -0.1) is 0 Å². The molecule has 0 radical (unpaired) electrons. The van der Waals surface area contributed by atoms with Crippen LogP contribution in [0.5, 0.6) is 0 Å². The van der Waals surface area contributed by atoms with Gasteiger partial charge in [0.25, 0.3) is 5.91 Å². The Morgan fingerprint density at radius 1 is 1.26 bits per heavy atom. The Balaban J connectivity index is 1.59. The van der Waals surface area contributed by atoms with Crippen LogP contribution in [0.1, 0.15) is 42.5 Å². The predicted octanol–water partition coefficient (Wildman–Crippen LogP) is 1.37. The number of piperidine rings is 2. The van der Waals surface area contributed by atoms with E-state index >= 15 is 0 Å². The third-order valence-corrected chi connectivity index (χ3v) is 5.90. The van der Waals surface area contributed by atoms with Crippen LogP contribution in [0, 0.1) is 5.41 Å². The van der Waals surface area contributed by atoms with E-state index < -0.39 is 0 Å². The molecule has 2 fully saturated rings. The molecule has 1 spiro atoms. The fraction of sp³-hybridized carbons (Fsp3) is 0.650. The summed E-state index contributed by atoms with van der Waals surface area (Å²) in [5.74, 6) is 1.06. The third-order valence-electron chi connectivity index (χ3n) is 5.90. The first-order valence-electron chi connectivity index (χ1n) is 9.75. The molecule has 2 aliphatic heterocycles. The lowest BCUT2D eigenvalue weighted by molar-refractivity contribution is -0.139. The van der Waals surface area contributed by atoms with Gasteiger partial charge in [-0.1, -0.05) is 0 Å². The second-order valence-electron chi connectivity index (χ2n) is 7.98. The van der Waals surface area contributed by atoms with E-state index in [0.29, 0.717) is 24.9 Å². The molecule has 0 saturated carbocycles. The van der Waals surface area contributed by atoms with E-state index in [-0.39, 0.29) is 23.8 Å². The summed E-state index contributed by atoms with van der Waals surface area (Å²) in [4.78, 5) is 35.0. The molecule has 2 aliphatic rings. The van der Waals surface area contributed by atoms with Crippen LogP contribution in [0.15, 0.2) is 18.3 Å². The first-order valence-corrected chi connectivity index (χ1v) is 9.75. The highest BCUT2D eigenvalue weighted by Gasteiger charge is 2.41. The van der Waals surface area contributed by atoms with Gasteiger partial charge in [0.1, 0.15) is 5.82 Å². The molecule has 1 aromatic rings. The van der Waals surface area contributed by atoms with E-state index in [1.165, 1.54) is 0 Å². The maximum absolute atomic E-state index is 12.8. The Labute approximate surface area is 161 Å². The van der Waals surface area contributed by atoms with Gasteiger partial charge in [0.05, 0.1) is 5.56 Å². The highest BCUT2D eigenvalue weighted by molar-refractivity contribution is 5.94. The minimum Gasteiger partial charge on any atom is -0.396 e. The molecule has 3 rings (SSSR count). The summed E-state index contributed by atoms with van der Waals surface area (Å²) in [6, 6.07) is 3.70. The number of nitrogens with zero attached hydrogens (tertiary/aromatic N) is 4. The maximum atomic E-state index is 12.8. The molecule has 2 saturated heterocycles. The first-order chi connectivity index (χ1) is 12.9. The molecule has 0 atom stereocenters. The summed E-state index contributed by atoms with van der Waals surface area (Å²) in [6.45, 7) is 2.93. The standard InChI is InChI=1S/C20H30N4O3/c1-22(2)17-5-4-16(14-21-17)19(27)23-11-8-20(9-12-23)7-6-18(26)24(15-20)10-3-13-25/h4-5,14,25H,3,6-13,15H2,1-2H3. The van der Waals surface area contributed by atoms with Crippen molar-refractivity contribution < 1.29 is 14.7 Å². The van der Waals surface area contributed by atoms with Crippen LogP contribution in [-0.4, -0.2) is 78.6 Å². The van der Waals surface area contributed by atoms with Crippen molar-refractivity contribution >= 4 is 17.6 Å². The number of pyridine rings is 1. The van der Waals surface area contributed by atoms with Crippen LogP contribution in [0.4, 0.5) is 5.82 Å². The van der Waals surface area contributed by atoms with Crippen molar-refractivity contribution in [3.05, 3.63) is 23.9 Å². The molecule has 0 aromatic carbocycles. The lowest BCUT2D eigenvalue weighted by Gasteiger charge is -2.47. The van der Waals surface area contributed by atoms with Crippen molar-refractivity contribution in [1.82, 2.24) is 14.8 Å². The number of carbonyl (C=O) groups excluding carboxylic acids is 2. The summed E-state index contributed by atoms with van der Waals surface area (Å²) in [5.41, 5.74) is 0.743. The van der Waals surface area contributed by atoms with Crippen molar-refractivity contribution in [3.63, 3.8) is 0 Å². The smallest absolute Gasteiger partial charge is 0.255 e. The van der Waals surface area contributed by atoms with Gasteiger partial charge in [-0.05, 0) is 43.2 Å². The predicted molar refractivity (Wildman–Crippen MR) is 104 cm³/mol. The molecule has 3 heterocycles. The number of aromatic nitrogens is 1. The number of likely N-dealkylation sites (tertiary alicyclic amines) is 2. The highest BCUT2D eigenvalue weighted by Crippen LogP contribution is 2.40. The van der Waals surface area contributed by atoms with E-state index in [4.69, 9.17) is 5.11 Å². The Bertz CT molecular complexity index is 666. The minimum atomic E-state index is 0.0340. The van der Waals surface area contributed by atoms with Crippen LogP contribution >= 0.6 is 0 Å². The number of aliphatic hydroxyl groups excluding tert-OH is 1. The average Bonchev–Trinajstić information content (AvgIpc) is 2.69. The molecular weight excluding hydrogens is 344 g/mol. The number of aliphatic hydroxyl groups is 1. The van der Waals surface area contributed by atoms with Crippen molar-refractivity contribution in [2.24, 2.45) is 5.41 Å². The quantitative estimate of drug-likeness (QED) is 0.842. The molecular formula is C20H30N4O3. The Morgan fingerprint density at radius 2 is 2.00 bits per heavy atom. The van der Waals surface area contributed by atoms with Gasteiger partial charge < -0.3 is 19.8 Å². The van der Waals surface area contributed by atoms with Crippen molar-refractivity contribution in [2.45, 2.75) is 32.1 Å². The minimum absolute atomic E-state index is 0.0340. The molecule has 7 heteroatoms. The second-order valence-corrected chi connectivity index (χ2v) is 7.98. The van der Waals surface area contributed by atoms with Crippen LogP contribution in [0.2, 0.25) is 0 Å². The van der Waals surface area contributed by atoms with E-state index in [1.807, 2.05) is 40.9 Å². The van der Waals surface area contributed by atoms with Gasteiger partial charge in [-0.2, -0.15) is 0 Å². The maximum Gasteiger partial charge on any atom is 0.255 e. The lowest BCUT2D eigenvalue weighted by Crippen LogP contribution is -2.52. The summed E-state index contributed by atoms with van der Waals surface area (Å²) in [5, 5.41) is 9.05. The normalized spacial score (nSPS) is 19.4. The van der Waals surface area contributed by atoms with E-state index in [1.54, 1.807) is 6.20 Å². The number of amides is 2. The number of hydrogen-bond donors (Lipinski definition) is 1. The Hall–Kier alpha value is -2.15. The molecule has 7 nitrogen and oxygen atoms in total. The van der Waals surface area contributed by atoms with Crippen LogP contribution in [0.3, 0.4) is 0 Å². The summed E-state index contributed by atoms with van der Waals surface area (Å²) in [6.07, 6.45) is 5.61. The fourth-order valence-corrected chi connectivity index (χ4v) is 4.12. The zero-order valence-corrected chi connectivity index (χ0v) is 16.4. The topological polar surface area (TPSA) is 77.0 Å². The molecule has 27 heavy (non-hydrogen) atoms. The third kappa shape index (κ3) is 4.40. The SMILES string of the molecule is CN(C)c1ccc(C(=O)N2CCC3(CCC(=O)N(CCCO)C3)CC2)cn1. The number of rotatable bonds is 5. The lowest BCUT2D eigenvalue weighted by atomic mass is 9.72. The first kappa shape index (κ1) is 19.6. The van der Waals surface area contributed by atoms with E-state index in [9.17, 15) is 9.59 Å².